The quantitative estimate of drug-likeness (QED) is 0.101. The van der Waals surface area contributed by atoms with Gasteiger partial charge in [-0.1, -0.05) is 38.1 Å². The fourth-order valence-corrected chi connectivity index (χ4v) is 4.63. The average molecular weight is 625 g/mol. The highest BCUT2D eigenvalue weighted by Crippen LogP contribution is 2.33. The molecule has 11 heteroatoms. The summed E-state index contributed by atoms with van der Waals surface area (Å²) >= 11 is 0. The zero-order chi connectivity index (χ0) is 33.4. The van der Waals surface area contributed by atoms with Crippen LogP contribution in [-0.4, -0.2) is 65.0 Å². The Labute approximate surface area is 268 Å². The summed E-state index contributed by atoms with van der Waals surface area (Å²) in [7, 11) is 4.58. The van der Waals surface area contributed by atoms with Crippen molar-refractivity contribution in [1.29, 1.82) is 5.41 Å². The van der Waals surface area contributed by atoms with Crippen LogP contribution in [0.1, 0.15) is 32.9 Å². The molecule has 1 unspecified atom stereocenters. The molecule has 0 radical (unpaired) electrons. The normalized spacial score (nSPS) is 12.2. The molecule has 0 saturated carbocycles. The lowest BCUT2D eigenvalue weighted by molar-refractivity contribution is -0.114. The molecular weight excluding hydrogens is 584 g/mol. The van der Waals surface area contributed by atoms with Gasteiger partial charge in [0.1, 0.15) is 22.9 Å². The number of nitrogens with one attached hydrogen (secondary N) is 1. The number of carbonyl (C=O) groups excluding carboxylic acids is 1. The van der Waals surface area contributed by atoms with Crippen LogP contribution in [0, 0.1) is 11.3 Å². The van der Waals surface area contributed by atoms with E-state index in [0.717, 1.165) is 11.5 Å². The molecule has 4 rings (SSSR count). The summed E-state index contributed by atoms with van der Waals surface area (Å²) in [6, 6.07) is 21.5. The molecule has 11 nitrogen and oxygen atoms in total. The predicted octanol–water partition coefficient (Wildman–Crippen LogP) is 6.41. The minimum absolute atomic E-state index is 0.125. The molecule has 0 aliphatic carbocycles. The number of hydrogen-bond acceptors (Lipinski definition) is 8. The SMILES string of the molecule is CCC(C)C=Nc1c(C(C)=N)n(-c2ccc(Oc3ccccc3)cc2)c(=O)n1-c1ccc(OC)c(N(C)C(=O)C=CCN(C)O)c1. The van der Waals surface area contributed by atoms with Gasteiger partial charge in [-0.25, -0.2) is 14.4 Å². The maximum absolute atomic E-state index is 14.4. The summed E-state index contributed by atoms with van der Waals surface area (Å²) in [5.74, 6) is 1.76. The molecule has 0 aliphatic heterocycles. The lowest BCUT2D eigenvalue weighted by Gasteiger charge is -2.20. The van der Waals surface area contributed by atoms with E-state index < -0.39 is 5.69 Å². The monoisotopic (exact) mass is 624 g/mol. The van der Waals surface area contributed by atoms with Gasteiger partial charge in [0.2, 0.25) is 0 Å². The molecule has 0 saturated heterocycles. The number of anilines is 1. The minimum Gasteiger partial charge on any atom is -0.495 e. The highest BCUT2D eigenvalue weighted by molar-refractivity contribution is 6.02. The number of para-hydroxylation sites is 1. The summed E-state index contributed by atoms with van der Waals surface area (Å²) in [5, 5.41) is 19.1. The zero-order valence-electron chi connectivity index (χ0n) is 27.0. The first-order valence-corrected chi connectivity index (χ1v) is 14.9. The van der Waals surface area contributed by atoms with Gasteiger partial charge in [0.15, 0.2) is 5.82 Å². The summed E-state index contributed by atoms with van der Waals surface area (Å²) in [5.41, 5.74) is 1.42. The Kier molecular flexibility index (Phi) is 11.1. The van der Waals surface area contributed by atoms with Crippen molar-refractivity contribution >= 4 is 29.3 Å². The van der Waals surface area contributed by atoms with Gasteiger partial charge in [-0.05, 0) is 73.9 Å². The number of benzene rings is 3. The first kappa shape index (κ1) is 33.6. The van der Waals surface area contributed by atoms with E-state index in [1.54, 1.807) is 62.7 Å². The molecule has 3 aromatic carbocycles. The van der Waals surface area contributed by atoms with Gasteiger partial charge in [-0.2, -0.15) is 5.06 Å². The van der Waals surface area contributed by atoms with E-state index in [0.29, 0.717) is 45.8 Å². The molecule has 0 spiro atoms. The average Bonchev–Trinajstić information content (AvgIpc) is 3.35. The second-order valence-electron chi connectivity index (χ2n) is 10.8. The topological polar surface area (TPSA) is 125 Å². The Morgan fingerprint density at radius 3 is 2.28 bits per heavy atom. The van der Waals surface area contributed by atoms with Crippen LogP contribution in [0.3, 0.4) is 0 Å². The minimum atomic E-state index is -0.439. The van der Waals surface area contributed by atoms with E-state index in [9.17, 15) is 14.8 Å². The van der Waals surface area contributed by atoms with E-state index in [1.807, 2.05) is 44.2 Å². The van der Waals surface area contributed by atoms with Crippen molar-refractivity contribution in [2.75, 3.05) is 32.6 Å². The fourth-order valence-electron chi connectivity index (χ4n) is 4.63. The van der Waals surface area contributed by atoms with E-state index >= 15 is 0 Å². The Bertz CT molecular complexity index is 1790. The van der Waals surface area contributed by atoms with Crippen molar-refractivity contribution in [3.8, 4) is 28.6 Å². The number of imidazole rings is 1. The molecule has 46 heavy (non-hydrogen) atoms. The summed E-state index contributed by atoms with van der Waals surface area (Å²) in [6.07, 6.45) is 5.51. The van der Waals surface area contributed by atoms with Gasteiger partial charge in [0.05, 0.1) is 29.9 Å². The molecule has 0 bridgehead atoms. The van der Waals surface area contributed by atoms with Crippen molar-refractivity contribution in [3.05, 3.63) is 101 Å². The van der Waals surface area contributed by atoms with Crippen molar-refractivity contribution < 1.29 is 19.5 Å². The number of rotatable bonds is 13. The lowest BCUT2D eigenvalue weighted by atomic mass is 10.1. The number of aromatic nitrogens is 2. The van der Waals surface area contributed by atoms with Crippen molar-refractivity contribution in [1.82, 2.24) is 14.2 Å². The smallest absolute Gasteiger partial charge is 0.339 e. The van der Waals surface area contributed by atoms with Gasteiger partial charge in [0.25, 0.3) is 5.91 Å². The van der Waals surface area contributed by atoms with E-state index in [-0.39, 0.29) is 24.1 Å². The van der Waals surface area contributed by atoms with Crippen LogP contribution in [-0.2, 0) is 4.79 Å². The van der Waals surface area contributed by atoms with Gasteiger partial charge in [-0.3, -0.25) is 9.36 Å². The molecule has 240 valence electrons. The molecule has 1 heterocycles. The number of aliphatic imine (C=N–C) groups is 1. The molecule has 2 N–H and O–H groups in total. The second-order valence-corrected chi connectivity index (χ2v) is 10.8. The Balaban J connectivity index is 1.88. The largest absolute Gasteiger partial charge is 0.495 e. The predicted molar refractivity (Wildman–Crippen MR) is 182 cm³/mol. The first-order chi connectivity index (χ1) is 22.0. The summed E-state index contributed by atoms with van der Waals surface area (Å²) < 4.78 is 14.4. The maximum Gasteiger partial charge on any atom is 0.339 e. The third kappa shape index (κ3) is 7.68. The zero-order valence-corrected chi connectivity index (χ0v) is 27.0. The number of carbonyl (C=O) groups is 1. The highest BCUT2D eigenvalue weighted by atomic mass is 16.5. The number of likely N-dealkylation sites (N-methyl/N-ethyl adjacent to an activating group) is 2. The Morgan fingerprint density at radius 2 is 1.67 bits per heavy atom. The number of amides is 1. The molecular formula is C35H40N6O5. The van der Waals surface area contributed by atoms with Gasteiger partial charge in [0, 0.05) is 32.9 Å². The standard InChI is InChI=1S/C35H40N6O5/c1-7-24(2)23-37-34-33(25(3)36)40(26-15-18-29(19-16-26)46-28-12-9-8-10-13-28)35(43)41(34)27-17-20-31(45-6)30(22-27)39(5)32(42)14-11-21-38(4)44/h8-20,22-24,36,44H,7,21H2,1-6H3. The Morgan fingerprint density at radius 1 is 1.02 bits per heavy atom. The van der Waals surface area contributed by atoms with Crippen LogP contribution in [0.15, 0.2) is 94.7 Å². The van der Waals surface area contributed by atoms with Crippen LogP contribution in [0.5, 0.6) is 17.2 Å². The number of ether oxygens (including phenoxy) is 2. The molecule has 1 atom stereocenters. The van der Waals surface area contributed by atoms with Crippen LogP contribution < -0.4 is 20.1 Å². The van der Waals surface area contributed by atoms with E-state index in [1.165, 1.54) is 40.3 Å². The van der Waals surface area contributed by atoms with Crippen LogP contribution in [0.2, 0.25) is 0 Å². The van der Waals surface area contributed by atoms with Crippen LogP contribution >= 0.6 is 0 Å². The maximum atomic E-state index is 14.4. The van der Waals surface area contributed by atoms with Crippen molar-refractivity contribution in [2.45, 2.75) is 27.2 Å². The molecule has 0 aliphatic rings. The third-order valence-electron chi connectivity index (χ3n) is 7.30. The lowest BCUT2D eigenvalue weighted by Crippen LogP contribution is -2.26. The summed E-state index contributed by atoms with van der Waals surface area (Å²) in [4.78, 5) is 33.5. The first-order valence-electron chi connectivity index (χ1n) is 14.9. The van der Waals surface area contributed by atoms with Gasteiger partial charge >= 0.3 is 5.69 Å². The van der Waals surface area contributed by atoms with E-state index in [2.05, 4.69) is 0 Å². The highest BCUT2D eigenvalue weighted by Gasteiger charge is 2.25. The summed E-state index contributed by atoms with van der Waals surface area (Å²) in [6.45, 7) is 5.86. The van der Waals surface area contributed by atoms with Gasteiger partial charge < -0.3 is 25.0 Å². The number of nitrogens with zero attached hydrogens (tertiary/aromatic N) is 5. The van der Waals surface area contributed by atoms with Gasteiger partial charge in [-0.15, -0.1) is 0 Å². The molecule has 4 aromatic rings. The number of methoxy groups -OCH3 is 1. The molecule has 0 fully saturated rings. The van der Waals surface area contributed by atoms with E-state index in [4.69, 9.17) is 19.9 Å². The second kappa shape index (κ2) is 15.2. The van der Waals surface area contributed by atoms with Crippen LogP contribution in [0.4, 0.5) is 11.5 Å². The third-order valence-corrected chi connectivity index (χ3v) is 7.30. The Hall–Kier alpha value is -5.26. The van der Waals surface area contributed by atoms with Crippen molar-refractivity contribution in [2.24, 2.45) is 10.9 Å². The fraction of sp³-hybridized carbons (Fsp3) is 0.257. The molecule has 1 amide bonds. The van der Waals surface area contributed by atoms with Crippen LogP contribution in [0.25, 0.3) is 11.4 Å². The number of hydroxylamine groups is 2. The molecule has 1 aromatic heterocycles. The van der Waals surface area contributed by atoms with Crippen molar-refractivity contribution in [3.63, 3.8) is 0 Å². The number of hydrogen-bond donors (Lipinski definition) is 2.